The fraction of sp³-hybridized carbons (Fsp3) is 0.700. The number of ether oxygens (including phenoxy) is 2. The van der Waals surface area contributed by atoms with E-state index in [4.69, 9.17) is 14.0 Å². The van der Waals surface area contributed by atoms with E-state index in [1.54, 1.807) is 6.92 Å². The van der Waals surface area contributed by atoms with Crippen molar-refractivity contribution >= 4 is 29.4 Å². The molecule has 48 heavy (non-hydrogen) atoms. The normalized spacial score (nSPS) is 13.8. The van der Waals surface area contributed by atoms with Gasteiger partial charge in [-0.25, -0.2) is 0 Å². The van der Waals surface area contributed by atoms with Crippen LogP contribution in [-0.2, 0) is 41.4 Å². The van der Waals surface area contributed by atoms with Gasteiger partial charge in [-0.05, 0) is 74.2 Å². The summed E-state index contributed by atoms with van der Waals surface area (Å²) in [6.07, 6.45) is 27.7. The van der Waals surface area contributed by atoms with Gasteiger partial charge in [0.1, 0.15) is 11.5 Å². The smallest absolute Gasteiger partial charge is 0.316 e. The maximum atomic E-state index is 13.4. The van der Waals surface area contributed by atoms with Crippen molar-refractivity contribution in [1.82, 2.24) is 0 Å². The van der Waals surface area contributed by atoms with Crippen LogP contribution in [0.25, 0.3) is 0 Å². The molecule has 2 aromatic carbocycles. The molecule has 2 rings (SSSR count). The summed E-state index contributed by atoms with van der Waals surface area (Å²) in [5.74, 6) is -1.70. The molecule has 0 aliphatic rings. The molecular formula is C40H67O4PS2Zn. The van der Waals surface area contributed by atoms with Gasteiger partial charge in [-0.3, -0.25) is 9.09 Å². The summed E-state index contributed by atoms with van der Waals surface area (Å²) in [4.78, 5) is 0. The fourth-order valence-corrected chi connectivity index (χ4v) is 10.4. The first-order valence-corrected chi connectivity index (χ1v) is 23.3. The van der Waals surface area contributed by atoms with E-state index in [9.17, 15) is 4.57 Å². The minimum absolute atomic E-state index is 0. The molecule has 0 fully saturated rings. The van der Waals surface area contributed by atoms with Crippen molar-refractivity contribution in [1.29, 1.82) is 0 Å². The van der Waals surface area contributed by atoms with E-state index in [0.717, 1.165) is 48.6 Å². The quantitative estimate of drug-likeness (QED) is 0.0282. The Balaban J connectivity index is 0.0000115. The number of hydrogen-bond donors (Lipinski definition) is 1. The molecule has 0 N–H and O–H groups in total. The first kappa shape index (κ1) is 45.6. The van der Waals surface area contributed by atoms with Crippen LogP contribution >= 0.6 is 29.4 Å². The number of para-hydroxylation sites is 2. The molecule has 8 heteroatoms. The molecule has 4 nitrogen and oxygen atoms in total. The SMILES string of the molecule is CCCCCCCCCCCCc1ccccc1OC(C)OP(=O)(S)SC(C)Oc1ccccc1CCCCCCCCCCCC.[Zn]. The first-order valence-electron chi connectivity index (χ1n) is 19.0. The number of hydrogen-bond acceptors (Lipinski definition) is 5. The zero-order valence-electron chi connectivity index (χ0n) is 31.0. The molecule has 2 aromatic rings. The molecule has 0 bridgehead atoms. The number of benzene rings is 2. The third-order valence-electron chi connectivity index (χ3n) is 8.69. The van der Waals surface area contributed by atoms with Crippen LogP contribution in [0.5, 0.6) is 11.5 Å². The monoisotopic (exact) mass is 770 g/mol. The molecule has 0 saturated carbocycles. The summed E-state index contributed by atoms with van der Waals surface area (Å²) in [6.45, 7) is 8.23. The Labute approximate surface area is 317 Å². The maximum Gasteiger partial charge on any atom is 0.316 e. The van der Waals surface area contributed by atoms with Gasteiger partial charge in [0, 0.05) is 19.5 Å². The summed E-state index contributed by atoms with van der Waals surface area (Å²) in [7, 11) is 0. The molecule has 0 heterocycles. The van der Waals surface area contributed by atoms with Crippen LogP contribution in [-0.4, -0.2) is 11.7 Å². The summed E-state index contributed by atoms with van der Waals surface area (Å²) in [5, 5.41) is 0. The largest absolute Gasteiger partial charge is 0.479 e. The van der Waals surface area contributed by atoms with Gasteiger partial charge in [-0.1, -0.05) is 178 Å². The zero-order valence-corrected chi connectivity index (χ0v) is 36.5. The average molecular weight is 772 g/mol. The average Bonchev–Trinajstić information content (AvgIpc) is 3.03. The molecule has 270 valence electrons. The molecule has 3 unspecified atom stereocenters. The van der Waals surface area contributed by atoms with Crippen LogP contribution in [0, 0.1) is 0 Å². The van der Waals surface area contributed by atoms with Crippen LogP contribution in [0.4, 0.5) is 0 Å². The molecule has 0 aliphatic heterocycles. The van der Waals surface area contributed by atoms with Gasteiger partial charge in [-0.2, -0.15) is 0 Å². The van der Waals surface area contributed by atoms with Gasteiger partial charge in [-0.15, -0.1) is 0 Å². The van der Waals surface area contributed by atoms with Gasteiger partial charge in [0.05, 0.1) is 0 Å². The van der Waals surface area contributed by atoms with Crippen molar-refractivity contribution in [3.63, 3.8) is 0 Å². The summed E-state index contributed by atoms with van der Waals surface area (Å²) < 4.78 is 31.6. The van der Waals surface area contributed by atoms with Crippen molar-refractivity contribution in [3.05, 3.63) is 59.7 Å². The Morgan fingerprint density at radius 3 is 1.35 bits per heavy atom. The van der Waals surface area contributed by atoms with Crippen LogP contribution in [0.1, 0.15) is 167 Å². The fourth-order valence-electron chi connectivity index (χ4n) is 6.06. The van der Waals surface area contributed by atoms with Gasteiger partial charge >= 0.3 is 5.77 Å². The van der Waals surface area contributed by atoms with Crippen molar-refractivity contribution in [2.24, 2.45) is 0 Å². The minimum atomic E-state index is -3.34. The topological polar surface area (TPSA) is 44.8 Å². The summed E-state index contributed by atoms with van der Waals surface area (Å²) >= 11 is 5.54. The molecular weight excluding hydrogens is 705 g/mol. The second-order valence-corrected chi connectivity index (χ2v) is 19.6. The Bertz CT molecular complexity index is 1020. The number of thiol groups is 1. The first-order chi connectivity index (χ1) is 22.8. The third-order valence-corrected chi connectivity index (χ3v) is 13.0. The summed E-state index contributed by atoms with van der Waals surface area (Å²) in [5.41, 5.74) is 1.98. The Morgan fingerprint density at radius 2 is 0.938 bits per heavy atom. The minimum Gasteiger partial charge on any atom is -0.479 e. The number of aryl methyl sites for hydroxylation is 2. The second-order valence-electron chi connectivity index (χ2n) is 13.1. The van der Waals surface area contributed by atoms with E-state index in [-0.39, 0.29) is 24.9 Å². The number of unbranched alkanes of at least 4 members (excludes halogenated alkanes) is 18. The van der Waals surface area contributed by atoms with E-state index in [1.165, 1.54) is 127 Å². The van der Waals surface area contributed by atoms with E-state index >= 15 is 0 Å². The maximum absolute atomic E-state index is 13.4. The molecule has 0 aromatic heterocycles. The van der Waals surface area contributed by atoms with Gasteiger partial charge in [0.15, 0.2) is 5.44 Å². The van der Waals surface area contributed by atoms with Gasteiger partial charge in [0.25, 0.3) is 0 Å². The van der Waals surface area contributed by atoms with E-state index in [1.807, 2.05) is 31.2 Å². The Morgan fingerprint density at radius 1 is 0.583 bits per heavy atom. The molecule has 3 atom stereocenters. The molecule has 0 saturated heterocycles. The summed E-state index contributed by atoms with van der Waals surface area (Å²) in [6, 6.07) is 16.3. The molecule has 0 aliphatic carbocycles. The molecule has 0 amide bonds. The number of rotatable bonds is 30. The van der Waals surface area contributed by atoms with Crippen molar-refractivity contribution in [2.75, 3.05) is 0 Å². The molecule has 0 spiro atoms. The van der Waals surface area contributed by atoms with E-state index in [2.05, 4.69) is 50.4 Å². The van der Waals surface area contributed by atoms with E-state index < -0.39 is 12.1 Å². The third kappa shape index (κ3) is 22.4. The molecule has 0 radical (unpaired) electrons. The van der Waals surface area contributed by atoms with Crippen molar-refractivity contribution < 1.29 is 38.0 Å². The standard InChI is InChI=1S/C40H67O4PS2.Zn/c1-5-7-9-11-13-15-17-19-21-23-29-37-31-25-27-33-39(37)42-35(3)44-45(41,46)47-36(4)43-40-34-28-26-32-38(40)30-24-22-20-18-16-14-12-10-8-6-2;/h25-28,31-36H,5-24,29-30H2,1-4H3,(H,41,46);. The Kier molecular flexibility index (Phi) is 27.7. The van der Waals surface area contributed by atoms with Crippen molar-refractivity contribution in [2.45, 2.75) is 181 Å². The predicted molar refractivity (Wildman–Crippen MR) is 209 cm³/mol. The van der Waals surface area contributed by atoms with Crippen LogP contribution in [0.2, 0.25) is 0 Å². The van der Waals surface area contributed by atoms with Crippen LogP contribution in [0.3, 0.4) is 0 Å². The Hall–Kier alpha value is -0.447. The van der Waals surface area contributed by atoms with Crippen LogP contribution < -0.4 is 9.47 Å². The van der Waals surface area contributed by atoms with Gasteiger partial charge < -0.3 is 9.47 Å². The predicted octanol–water partition coefficient (Wildman–Crippen LogP) is 14.5. The zero-order chi connectivity index (χ0) is 34.0. The second kappa shape index (κ2) is 29.2. The van der Waals surface area contributed by atoms with E-state index in [0.29, 0.717) is 0 Å². The van der Waals surface area contributed by atoms with Crippen LogP contribution in [0.15, 0.2) is 48.5 Å². The van der Waals surface area contributed by atoms with Crippen molar-refractivity contribution in [3.8, 4) is 11.5 Å². The van der Waals surface area contributed by atoms with Gasteiger partial charge in [0.2, 0.25) is 6.29 Å².